The van der Waals surface area contributed by atoms with Crippen LogP contribution < -0.4 is 5.32 Å². The standard InChI is InChI=1S/C25H37N3O2S/c1-24-9-5-17(30-23(29)15-7-11-26-12-8-15)13-16(24)3-4-18-19(24)6-10-25(2)20(18)14-21-22(25)27-28-31-21/h15-20,26H,3-14H2,1-2H3/t16-,17-,18+,19-,20-,24-,25-/m0/s1. The lowest BCUT2D eigenvalue weighted by molar-refractivity contribution is -0.165. The molecule has 5 nitrogen and oxygen atoms in total. The van der Waals surface area contributed by atoms with Crippen LogP contribution in [0.1, 0.15) is 82.2 Å². The zero-order chi connectivity index (χ0) is 21.2. The molecule has 31 heavy (non-hydrogen) atoms. The molecule has 4 fully saturated rings. The molecule has 4 aliphatic carbocycles. The Morgan fingerprint density at radius 3 is 2.74 bits per heavy atom. The average Bonchev–Trinajstić information content (AvgIpc) is 3.35. The number of hydrogen-bond donors (Lipinski definition) is 1. The van der Waals surface area contributed by atoms with Gasteiger partial charge in [-0.25, -0.2) is 0 Å². The van der Waals surface area contributed by atoms with E-state index < -0.39 is 0 Å². The zero-order valence-corrected chi connectivity index (χ0v) is 19.9. The molecule has 1 saturated heterocycles. The van der Waals surface area contributed by atoms with E-state index in [4.69, 9.17) is 4.74 Å². The van der Waals surface area contributed by atoms with E-state index in [9.17, 15) is 4.79 Å². The summed E-state index contributed by atoms with van der Waals surface area (Å²) >= 11 is 1.64. The lowest BCUT2D eigenvalue weighted by Gasteiger charge is -2.60. The second-order valence-corrected chi connectivity index (χ2v) is 12.6. The Morgan fingerprint density at radius 1 is 1.06 bits per heavy atom. The van der Waals surface area contributed by atoms with E-state index in [-0.39, 0.29) is 23.4 Å². The predicted molar refractivity (Wildman–Crippen MR) is 121 cm³/mol. The van der Waals surface area contributed by atoms with Crippen molar-refractivity contribution < 1.29 is 9.53 Å². The number of carbonyl (C=O) groups is 1. The number of esters is 1. The van der Waals surface area contributed by atoms with Gasteiger partial charge in [-0.15, -0.1) is 5.10 Å². The highest BCUT2D eigenvalue weighted by molar-refractivity contribution is 7.05. The topological polar surface area (TPSA) is 64.1 Å². The summed E-state index contributed by atoms with van der Waals surface area (Å²) in [5, 5.41) is 7.93. The molecule has 0 radical (unpaired) electrons. The Kier molecular flexibility index (Phi) is 4.99. The molecule has 1 N–H and O–H groups in total. The Bertz CT molecular complexity index is 852. The van der Waals surface area contributed by atoms with Crippen LogP contribution in [0, 0.1) is 35.0 Å². The second kappa shape index (κ2) is 7.51. The molecule has 7 atom stereocenters. The number of hydrogen-bond acceptors (Lipinski definition) is 6. The maximum Gasteiger partial charge on any atom is 0.309 e. The summed E-state index contributed by atoms with van der Waals surface area (Å²) in [4.78, 5) is 14.2. The van der Waals surface area contributed by atoms with E-state index in [1.807, 2.05) is 0 Å². The third-order valence-corrected chi connectivity index (χ3v) is 11.2. The average molecular weight is 444 g/mol. The van der Waals surface area contributed by atoms with Crippen LogP contribution in [-0.2, 0) is 21.4 Å². The van der Waals surface area contributed by atoms with Crippen molar-refractivity contribution in [1.82, 2.24) is 14.9 Å². The molecule has 3 saturated carbocycles. The third-order valence-electron chi connectivity index (χ3n) is 10.5. The molecule has 6 heteroatoms. The van der Waals surface area contributed by atoms with Crippen molar-refractivity contribution in [2.24, 2.45) is 35.0 Å². The van der Waals surface area contributed by atoms with Gasteiger partial charge in [-0.3, -0.25) is 4.79 Å². The van der Waals surface area contributed by atoms with Crippen LogP contribution in [-0.4, -0.2) is 34.7 Å². The summed E-state index contributed by atoms with van der Waals surface area (Å²) in [6.45, 7) is 6.97. The van der Waals surface area contributed by atoms with Crippen molar-refractivity contribution >= 4 is 17.5 Å². The predicted octanol–water partition coefficient (Wildman–Crippen LogP) is 4.51. The number of piperidine rings is 1. The van der Waals surface area contributed by atoms with Crippen molar-refractivity contribution in [2.75, 3.05) is 13.1 Å². The highest BCUT2D eigenvalue weighted by Crippen LogP contribution is 2.65. The third kappa shape index (κ3) is 3.14. The lowest BCUT2D eigenvalue weighted by Crippen LogP contribution is -2.54. The minimum absolute atomic E-state index is 0.0791. The van der Waals surface area contributed by atoms with Gasteiger partial charge in [-0.1, -0.05) is 18.3 Å². The van der Waals surface area contributed by atoms with E-state index in [1.54, 1.807) is 11.5 Å². The number of ether oxygens (including phenoxy) is 1. The van der Waals surface area contributed by atoms with Crippen molar-refractivity contribution in [3.63, 3.8) is 0 Å². The van der Waals surface area contributed by atoms with Gasteiger partial charge in [0.25, 0.3) is 0 Å². The van der Waals surface area contributed by atoms with E-state index in [2.05, 4.69) is 28.8 Å². The molecule has 2 heterocycles. The van der Waals surface area contributed by atoms with Gasteiger partial charge in [-0.2, -0.15) is 0 Å². The van der Waals surface area contributed by atoms with Gasteiger partial charge < -0.3 is 10.1 Å². The molecular formula is C25H37N3O2S. The maximum atomic E-state index is 12.7. The van der Waals surface area contributed by atoms with E-state index >= 15 is 0 Å². The van der Waals surface area contributed by atoms with Crippen LogP contribution in [0.2, 0.25) is 0 Å². The number of aromatic nitrogens is 2. The summed E-state index contributed by atoms with van der Waals surface area (Å²) in [6, 6.07) is 0. The van der Waals surface area contributed by atoms with Crippen molar-refractivity contribution in [3.05, 3.63) is 10.6 Å². The Balaban J connectivity index is 1.15. The molecule has 1 aliphatic heterocycles. The molecule has 1 aromatic rings. The first-order valence-corrected chi connectivity index (χ1v) is 13.5. The largest absolute Gasteiger partial charge is 0.462 e. The van der Waals surface area contributed by atoms with Crippen LogP contribution >= 0.6 is 11.5 Å². The maximum absolute atomic E-state index is 12.7. The fraction of sp³-hybridized carbons (Fsp3) is 0.880. The van der Waals surface area contributed by atoms with E-state index in [0.29, 0.717) is 11.3 Å². The highest BCUT2D eigenvalue weighted by atomic mass is 32.1. The molecule has 170 valence electrons. The van der Waals surface area contributed by atoms with Gasteiger partial charge >= 0.3 is 5.97 Å². The first-order chi connectivity index (χ1) is 15.0. The summed E-state index contributed by atoms with van der Waals surface area (Å²) in [5.41, 5.74) is 2.01. The normalized spacial score (nSPS) is 44.6. The molecule has 0 aromatic carbocycles. The first kappa shape index (κ1) is 20.6. The van der Waals surface area contributed by atoms with Gasteiger partial charge in [0.1, 0.15) is 6.10 Å². The van der Waals surface area contributed by atoms with Crippen LogP contribution in [0.3, 0.4) is 0 Å². The fourth-order valence-electron chi connectivity index (χ4n) is 8.61. The lowest BCUT2D eigenvalue weighted by atomic mass is 9.45. The van der Waals surface area contributed by atoms with E-state index in [1.165, 1.54) is 49.1 Å². The van der Waals surface area contributed by atoms with Gasteiger partial charge in [0.05, 0.1) is 11.6 Å². The van der Waals surface area contributed by atoms with Crippen LogP contribution in [0.25, 0.3) is 0 Å². The molecule has 0 spiro atoms. The first-order valence-electron chi connectivity index (χ1n) is 12.7. The summed E-state index contributed by atoms with van der Waals surface area (Å²) < 4.78 is 10.4. The number of carbonyl (C=O) groups excluding carboxylic acids is 1. The highest BCUT2D eigenvalue weighted by Gasteiger charge is 2.60. The van der Waals surface area contributed by atoms with Gasteiger partial charge in [-0.05, 0) is 118 Å². The summed E-state index contributed by atoms with van der Waals surface area (Å²) in [7, 11) is 0. The Morgan fingerprint density at radius 2 is 1.90 bits per heavy atom. The molecule has 1 aromatic heterocycles. The molecule has 0 bridgehead atoms. The Labute approximate surface area is 190 Å². The quantitative estimate of drug-likeness (QED) is 0.682. The smallest absolute Gasteiger partial charge is 0.309 e. The second-order valence-electron chi connectivity index (χ2n) is 11.7. The molecule has 5 aliphatic rings. The van der Waals surface area contributed by atoms with Crippen LogP contribution in [0.4, 0.5) is 0 Å². The number of nitrogens with zero attached hydrogens (tertiary/aromatic N) is 2. The van der Waals surface area contributed by atoms with Crippen molar-refractivity contribution in [2.45, 2.75) is 89.6 Å². The summed E-state index contributed by atoms with van der Waals surface area (Å²) in [6.07, 6.45) is 11.9. The van der Waals surface area contributed by atoms with Crippen LogP contribution in [0.5, 0.6) is 0 Å². The number of fused-ring (bicyclic) bond motifs is 7. The SMILES string of the molecule is C[C@]12CC[C@H](OC(=O)C3CCNCC3)C[C@@H]1CC[C@@H]1[C@@H]2CC[C@]2(C)c3nnsc3C[C@@H]12. The minimum atomic E-state index is 0.0791. The number of rotatable bonds is 2. The molecular weight excluding hydrogens is 406 g/mol. The van der Waals surface area contributed by atoms with Gasteiger partial charge in [0.15, 0.2) is 0 Å². The fourth-order valence-corrected chi connectivity index (χ4v) is 9.45. The number of nitrogens with one attached hydrogen (secondary N) is 1. The Hall–Kier alpha value is -1.01. The molecule has 0 unspecified atom stereocenters. The van der Waals surface area contributed by atoms with Gasteiger partial charge in [0, 0.05) is 10.3 Å². The minimum Gasteiger partial charge on any atom is -0.462 e. The summed E-state index contributed by atoms with van der Waals surface area (Å²) in [5.74, 6) is 3.33. The van der Waals surface area contributed by atoms with Crippen molar-refractivity contribution in [3.8, 4) is 0 Å². The van der Waals surface area contributed by atoms with E-state index in [0.717, 1.165) is 56.5 Å². The molecule has 0 amide bonds. The van der Waals surface area contributed by atoms with Crippen molar-refractivity contribution in [1.29, 1.82) is 0 Å². The van der Waals surface area contributed by atoms with Crippen LogP contribution in [0.15, 0.2) is 0 Å². The molecule has 6 rings (SSSR count). The zero-order valence-electron chi connectivity index (χ0n) is 19.1. The monoisotopic (exact) mass is 443 g/mol. The van der Waals surface area contributed by atoms with Gasteiger partial charge in [0.2, 0.25) is 0 Å².